The third-order valence-electron chi connectivity index (χ3n) is 3.40. The number of nitrogens with zero attached hydrogens (tertiary/aromatic N) is 2. The summed E-state index contributed by atoms with van der Waals surface area (Å²) < 4.78 is 38.2. The van der Waals surface area contributed by atoms with Crippen molar-refractivity contribution in [1.82, 2.24) is 9.36 Å². The van der Waals surface area contributed by atoms with E-state index >= 15 is 0 Å². The largest absolute Gasteiger partial charge is 0.484 e. The summed E-state index contributed by atoms with van der Waals surface area (Å²) in [6.45, 7) is -1.07. The summed E-state index contributed by atoms with van der Waals surface area (Å²) in [5.41, 5.74) is 1.71. The van der Waals surface area contributed by atoms with Crippen molar-refractivity contribution in [2.75, 3.05) is 11.9 Å². The molecule has 0 unspecified atom stereocenters. The molecule has 0 saturated heterocycles. The van der Waals surface area contributed by atoms with Crippen molar-refractivity contribution in [2.24, 2.45) is 0 Å². The molecule has 140 valence electrons. The number of amides is 1. The molecule has 0 spiro atoms. The summed E-state index contributed by atoms with van der Waals surface area (Å²) in [4.78, 5) is 16.2. The van der Waals surface area contributed by atoms with Crippen LogP contribution in [0.3, 0.4) is 0 Å². The van der Waals surface area contributed by atoms with Crippen molar-refractivity contribution in [1.29, 1.82) is 0 Å². The lowest BCUT2D eigenvalue weighted by Gasteiger charge is -2.05. The molecule has 9 heteroatoms. The van der Waals surface area contributed by atoms with E-state index in [4.69, 9.17) is 4.74 Å². The smallest absolute Gasteiger partial charge is 0.387 e. The molecule has 0 aliphatic rings. The molecule has 0 bridgehead atoms. The lowest BCUT2D eigenvalue weighted by molar-refractivity contribution is -0.118. The predicted molar refractivity (Wildman–Crippen MR) is 97.3 cm³/mol. The standard InChI is InChI=1S/C18H15F2N3O3S/c1-11-2-6-13(7-3-11)25-10-15(24)21-18-22-16(23-27-18)12-4-8-14(9-5-12)26-17(19)20/h2-9,17H,10H2,1H3,(H,21,22,23,24). The molecule has 0 aliphatic carbocycles. The summed E-state index contributed by atoms with van der Waals surface area (Å²) in [6, 6.07) is 13.3. The highest BCUT2D eigenvalue weighted by Crippen LogP contribution is 2.24. The molecule has 0 aliphatic heterocycles. The van der Waals surface area contributed by atoms with Gasteiger partial charge in [-0.25, -0.2) is 0 Å². The lowest BCUT2D eigenvalue weighted by atomic mass is 10.2. The van der Waals surface area contributed by atoms with Gasteiger partial charge in [-0.1, -0.05) is 17.7 Å². The van der Waals surface area contributed by atoms with Gasteiger partial charge in [0.1, 0.15) is 11.5 Å². The SMILES string of the molecule is Cc1ccc(OCC(=O)Nc2nc(-c3ccc(OC(F)F)cc3)ns2)cc1. The van der Waals surface area contributed by atoms with Gasteiger partial charge >= 0.3 is 6.61 Å². The van der Waals surface area contributed by atoms with Gasteiger partial charge < -0.3 is 9.47 Å². The van der Waals surface area contributed by atoms with Crippen LogP contribution in [0.4, 0.5) is 13.9 Å². The molecule has 3 aromatic rings. The van der Waals surface area contributed by atoms with Crippen LogP contribution >= 0.6 is 11.5 Å². The minimum Gasteiger partial charge on any atom is -0.484 e. The zero-order chi connectivity index (χ0) is 19.2. The van der Waals surface area contributed by atoms with Crippen LogP contribution in [-0.4, -0.2) is 28.5 Å². The maximum Gasteiger partial charge on any atom is 0.387 e. The number of aryl methyl sites for hydroxylation is 1. The third-order valence-corrected chi connectivity index (χ3v) is 4.03. The van der Waals surface area contributed by atoms with Gasteiger partial charge in [-0.2, -0.15) is 18.1 Å². The van der Waals surface area contributed by atoms with Crippen LogP contribution in [0.2, 0.25) is 0 Å². The van der Waals surface area contributed by atoms with E-state index in [9.17, 15) is 13.6 Å². The van der Waals surface area contributed by atoms with Crippen LogP contribution in [0.5, 0.6) is 11.5 Å². The molecule has 1 N–H and O–H groups in total. The molecule has 0 atom stereocenters. The molecule has 0 radical (unpaired) electrons. The normalized spacial score (nSPS) is 10.7. The van der Waals surface area contributed by atoms with Crippen molar-refractivity contribution >= 4 is 22.6 Å². The number of ether oxygens (including phenoxy) is 2. The number of hydrogen-bond acceptors (Lipinski definition) is 6. The van der Waals surface area contributed by atoms with Crippen molar-refractivity contribution in [2.45, 2.75) is 13.5 Å². The quantitative estimate of drug-likeness (QED) is 0.656. The van der Waals surface area contributed by atoms with Gasteiger partial charge in [0, 0.05) is 17.1 Å². The topological polar surface area (TPSA) is 73.3 Å². The first kappa shape index (κ1) is 18.7. The van der Waals surface area contributed by atoms with E-state index in [1.54, 1.807) is 24.3 Å². The lowest BCUT2D eigenvalue weighted by Crippen LogP contribution is -2.20. The second-order valence-corrected chi connectivity index (χ2v) is 6.23. The Morgan fingerprint density at radius 2 is 1.78 bits per heavy atom. The highest BCUT2D eigenvalue weighted by Gasteiger charge is 2.11. The van der Waals surface area contributed by atoms with Gasteiger partial charge in [-0.3, -0.25) is 10.1 Å². The molecule has 27 heavy (non-hydrogen) atoms. The Morgan fingerprint density at radius 1 is 1.11 bits per heavy atom. The number of nitrogens with one attached hydrogen (secondary N) is 1. The van der Waals surface area contributed by atoms with E-state index in [1.165, 1.54) is 12.1 Å². The fourth-order valence-electron chi connectivity index (χ4n) is 2.12. The van der Waals surface area contributed by atoms with E-state index in [2.05, 4.69) is 19.4 Å². The van der Waals surface area contributed by atoms with Crippen LogP contribution in [-0.2, 0) is 4.79 Å². The number of anilines is 1. The van der Waals surface area contributed by atoms with E-state index in [0.29, 0.717) is 22.3 Å². The number of rotatable bonds is 7. The first-order chi connectivity index (χ1) is 13.0. The van der Waals surface area contributed by atoms with E-state index in [-0.39, 0.29) is 18.3 Å². The summed E-state index contributed by atoms with van der Waals surface area (Å²) in [7, 11) is 0. The molecule has 3 rings (SSSR count). The Kier molecular flexibility index (Phi) is 5.92. The molecule has 0 fully saturated rings. The molecular formula is C18H15F2N3O3S. The Hall–Kier alpha value is -3.07. The van der Waals surface area contributed by atoms with Gasteiger partial charge in [-0.15, -0.1) is 0 Å². The van der Waals surface area contributed by atoms with Gasteiger partial charge in [0.15, 0.2) is 12.4 Å². The van der Waals surface area contributed by atoms with Crippen molar-refractivity contribution in [3.63, 3.8) is 0 Å². The number of alkyl halides is 2. The van der Waals surface area contributed by atoms with E-state index < -0.39 is 6.61 Å². The second-order valence-electron chi connectivity index (χ2n) is 5.48. The molecule has 2 aromatic carbocycles. The average Bonchev–Trinajstić information content (AvgIpc) is 3.10. The third kappa shape index (κ3) is 5.45. The van der Waals surface area contributed by atoms with Crippen molar-refractivity contribution in [3.8, 4) is 22.9 Å². The molecular weight excluding hydrogens is 376 g/mol. The zero-order valence-electron chi connectivity index (χ0n) is 14.2. The van der Waals surface area contributed by atoms with Crippen LogP contribution in [0.25, 0.3) is 11.4 Å². The van der Waals surface area contributed by atoms with E-state index in [1.807, 2.05) is 19.1 Å². The van der Waals surface area contributed by atoms with E-state index in [0.717, 1.165) is 17.1 Å². The number of benzene rings is 2. The average molecular weight is 391 g/mol. The fraction of sp³-hybridized carbons (Fsp3) is 0.167. The molecule has 1 aromatic heterocycles. The first-order valence-corrected chi connectivity index (χ1v) is 8.65. The van der Waals surface area contributed by atoms with Crippen LogP contribution in [0.1, 0.15) is 5.56 Å². The van der Waals surface area contributed by atoms with Crippen molar-refractivity contribution in [3.05, 3.63) is 54.1 Å². The Morgan fingerprint density at radius 3 is 2.44 bits per heavy atom. The minimum atomic E-state index is -2.88. The summed E-state index contributed by atoms with van der Waals surface area (Å²) in [6.07, 6.45) is 0. The van der Waals surface area contributed by atoms with Gasteiger partial charge in [0.05, 0.1) is 0 Å². The number of carbonyl (C=O) groups excluding carboxylic acids is 1. The Labute approximate surface area is 157 Å². The molecule has 1 heterocycles. The molecule has 6 nitrogen and oxygen atoms in total. The summed E-state index contributed by atoms with van der Waals surface area (Å²) in [5, 5.41) is 2.92. The monoisotopic (exact) mass is 391 g/mol. The van der Waals surface area contributed by atoms with Crippen LogP contribution < -0.4 is 14.8 Å². The number of hydrogen-bond donors (Lipinski definition) is 1. The number of halogens is 2. The number of carbonyl (C=O) groups is 1. The number of aromatic nitrogens is 2. The van der Waals surface area contributed by atoms with Gasteiger partial charge in [0.2, 0.25) is 5.13 Å². The van der Waals surface area contributed by atoms with Crippen LogP contribution in [0.15, 0.2) is 48.5 Å². The highest BCUT2D eigenvalue weighted by molar-refractivity contribution is 7.10. The zero-order valence-corrected chi connectivity index (χ0v) is 15.0. The Bertz CT molecular complexity index is 899. The first-order valence-electron chi connectivity index (χ1n) is 7.88. The summed E-state index contributed by atoms with van der Waals surface area (Å²) in [5.74, 6) is 0.655. The molecule has 1 amide bonds. The highest BCUT2D eigenvalue weighted by atomic mass is 32.1. The maximum absolute atomic E-state index is 12.2. The van der Waals surface area contributed by atoms with Crippen molar-refractivity contribution < 1.29 is 23.0 Å². The Balaban J connectivity index is 1.55. The fourth-order valence-corrected chi connectivity index (χ4v) is 2.72. The molecule has 0 saturated carbocycles. The van der Waals surface area contributed by atoms with Crippen LogP contribution in [0, 0.1) is 6.92 Å². The second kappa shape index (κ2) is 8.54. The maximum atomic E-state index is 12.2. The van der Waals surface area contributed by atoms with Gasteiger partial charge in [-0.05, 0) is 43.3 Å². The minimum absolute atomic E-state index is 0.0470. The predicted octanol–water partition coefficient (Wildman–Crippen LogP) is 4.13. The summed E-state index contributed by atoms with van der Waals surface area (Å²) >= 11 is 1.01. The van der Waals surface area contributed by atoms with Gasteiger partial charge in [0.25, 0.3) is 5.91 Å².